The highest BCUT2D eigenvalue weighted by Crippen LogP contribution is 2.19. The van der Waals surface area contributed by atoms with Crippen molar-refractivity contribution in [3.63, 3.8) is 0 Å². The smallest absolute Gasteiger partial charge is 0.266 e. The quantitative estimate of drug-likeness (QED) is 0.871. The molecule has 0 atom stereocenters. The lowest BCUT2D eigenvalue weighted by Gasteiger charge is -2.26. The number of hydrogen-bond donors (Lipinski definition) is 0. The molecule has 0 spiro atoms. The zero-order valence-corrected chi connectivity index (χ0v) is 14.1. The standard InChI is InChI=1S/C19H25N3O/c1-15-6-7-17(14-16(15)2)18-8-9-19(23)22(20-18)13-12-21-10-4-3-5-11-21/h6-9,14H,3-5,10-13H2,1-2H3. The van der Waals surface area contributed by atoms with Crippen molar-refractivity contribution in [1.29, 1.82) is 0 Å². The third kappa shape index (κ3) is 3.88. The molecule has 0 N–H and O–H groups in total. The zero-order valence-electron chi connectivity index (χ0n) is 14.1. The van der Waals surface area contributed by atoms with Crippen molar-refractivity contribution in [2.45, 2.75) is 39.7 Å². The predicted molar refractivity (Wildman–Crippen MR) is 93.7 cm³/mol. The first kappa shape index (κ1) is 15.9. The van der Waals surface area contributed by atoms with Crippen molar-refractivity contribution < 1.29 is 0 Å². The normalized spacial score (nSPS) is 15.7. The second-order valence-electron chi connectivity index (χ2n) is 6.48. The average molecular weight is 311 g/mol. The van der Waals surface area contributed by atoms with E-state index in [1.807, 2.05) is 6.07 Å². The van der Waals surface area contributed by atoms with Crippen molar-refractivity contribution in [2.24, 2.45) is 0 Å². The van der Waals surface area contributed by atoms with Crippen molar-refractivity contribution in [3.8, 4) is 11.3 Å². The Hall–Kier alpha value is -1.94. The van der Waals surface area contributed by atoms with Gasteiger partial charge in [-0.1, -0.05) is 18.6 Å². The first-order chi connectivity index (χ1) is 11.1. The molecule has 0 unspecified atom stereocenters. The summed E-state index contributed by atoms with van der Waals surface area (Å²) in [6.45, 7) is 8.06. The van der Waals surface area contributed by atoms with Gasteiger partial charge in [0.1, 0.15) is 0 Å². The maximum absolute atomic E-state index is 12.1. The minimum Gasteiger partial charge on any atom is -0.301 e. The van der Waals surface area contributed by atoms with Gasteiger partial charge >= 0.3 is 0 Å². The molecule has 4 nitrogen and oxygen atoms in total. The van der Waals surface area contributed by atoms with Gasteiger partial charge in [0.15, 0.2) is 0 Å². The highest BCUT2D eigenvalue weighted by atomic mass is 16.1. The third-order valence-electron chi connectivity index (χ3n) is 4.75. The molecule has 1 aliphatic heterocycles. The molecule has 1 saturated heterocycles. The number of piperidine rings is 1. The van der Waals surface area contributed by atoms with Crippen LogP contribution in [0.5, 0.6) is 0 Å². The van der Waals surface area contributed by atoms with Crippen molar-refractivity contribution in [3.05, 3.63) is 51.8 Å². The van der Waals surface area contributed by atoms with Gasteiger partial charge in [0, 0.05) is 18.2 Å². The summed E-state index contributed by atoms with van der Waals surface area (Å²) < 4.78 is 1.61. The van der Waals surface area contributed by atoms with Gasteiger partial charge in [-0.3, -0.25) is 4.79 Å². The van der Waals surface area contributed by atoms with E-state index in [-0.39, 0.29) is 5.56 Å². The van der Waals surface area contributed by atoms with Crippen LogP contribution >= 0.6 is 0 Å². The van der Waals surface area contributed by atoms with Gasteiger partial charge in [-0.2, -0.15) is 5.10 Å². The Bertz CT molecular complexity index is 730. The molecule has 1 fully saturated rings. The van der Waals surface area contributed by atoms with E-state index >= 15 is 0 Å². The fourth-order valence-electron chi connectivity index (χ4n) is 3.08. The number of benzene rings is 1. The summed E-state index contributed by atoms with van der Waals surface area (Å²) >= 11 is 0. The summed E-state index contributed by atoms with van der Waals surface area (Å²) in [4.78, 5) is 14.5. The number of aryl methyl sites for hydroxylation is 2. The summed E-state index contributed by atoms with van der Waals surface area (Å²) in [6.07, 6.45) is 3.87. The Balaban J connectivity index is 1.78. The summed E-state index contributed by atoms with van der Waals surface area (Å²) in [5, 5.41) is 4.58. The largest absolute Gasteiger partial charge is 0.301 e. The predicted octanol–water partition coefficient (Wildman–Crippen LogP) is 3.01. The molecule has 0 saturated carbocycles. The minimum atomic E-state index is -0.0189. The Morgan fingerprint density at radius 3 is 2.48 bits per heavy atom. The molecule has 4 heteroatoms. The lowest BCUT2D eigenvalue weighted by molar-refractivity contribution is 0.216. The molecule has 0 amide bonds. The molecule has 1 aromatic heterocycles. The molecular formula is C19H25N3O. The average Bonchev–Trinajstić information content (AvgIpc) is 2.57. The first-order valence-electron chi connectivity index (χ1n) is 8.51. The van der Waals surface area contributed by atoms with E-state index < -0.39 is 0 Å². The van der Waals surface area contributed by atoms with E-state index in [4.69, 9.17) is 0 Å². The molecule has 2 aromatic rings. The topological polar surface area (TPSA) is 38.1 Å². The molecule has 122 valence electrons. The molecule has 0 aliphatic carbocycles. The van der Waals surface area contributed by atoms with Crippen LogP contribution in [0.1, 0.15) is 30.4 Å². The third-order valence-corrected chi connectivity index (χ3v) is 4.75. The Kier molecular flexibility index (Phi) is 4.91. The Labute approximate surface area is 137 Å². The fraction of sp³-hybridized carbons (Fsp3) is 0.474. The number of rotatable bonds is 4. The van der Waals surface area contributed by atoms with Crippen LogP contribution in [0.3, 0.4) is 0 Å². The molecule has 0 radical (unpaired) electrons. The second kappa shape index (κ2) is 7.09. The van der Waals surface area contributed by atoms with Crippen LogP contribution in [0.2, 0.25) is 0 Å². The SMILES string of the molecule is Cc1ccc(-c2ccc(=O)n(CCN3CCCCC3)n2)cc1C. The number of likely N-dealkylation sites (tertiary alicyclic amines) is 1. The van der Waals surface area contributed by atoms with Crippen LogP contribution in [0.15, 0.2) is 35.1 Å². The van der Waals surface area contributed by atoms with Gasteiger partial charge in [0.2, 0.25) is 0 Å². The maximum Gasteiger partial charge on any atom is 0.266 e. The van der Waals surface area contributed by atoms with Crippen molar-refractivity contribution in [1.82, 2.24) is 14.7 Å². The van der Waals surface area contributed by atoms with E-state index in [1.54, 1.807) is 10.7 Å². The van der Waals surface area contributed by atoms with E-state index in [2.05, 4.69) is 42.0 Å². The van der Waals surface area contributed by atoms with E-state index in [0.29, 0.717) is 6.54 Å². The highest BCUT2D eigenvalue weighted by molar-refractivity contribution is 5.60. The lowest BCUT2D eigenvalue weighted by atomic mass is 10.0. The molecule has 23 heavy (non-hydrogen) atoms. The van der Waals surface area contributed by atoms with E-state index in [1.165, 1.54) is 30.4 Å². The van der Waals surface area contributed by atoms with Crippen LogP contribution < -0.4 is 5.56 Å². The second-order valence-corrected chi connectivity index (χ2v) is 6.48. The molecular weight excluding hydrogens is 286 g/mol. The van der Waals surface area contributed by atoms with Crippen molar-refractivity contribution >= 4 is 0 Å². The zero-order chi connectivity index (χ0) is 16.2. The first-order valence-corrected chi connectivity index (χ1v) is 8.51. The van der Waals surface area contributed by atoms with Gasteiger partial charge in [-0.15, -0.1) is 0 Å². The summed E-state index contributed by atoms with van der Waals surface area (Å²) in [6, 6.07) is 9.77. The highest BCUT2D eigenvalue weighted by Gasteiger charge is 2.11. The Morgan fingerprint density at radius 1 is 0.957 bits per heavy atom. The van der Waals surface area contributed by atoms with Gasteiger partial charge in [-0.05, 0) is 63.0 Å². The monoisotopic (exact) mass is 311 g/mol. The van der Waals surface area contributed by atoms with Crippen LogP contribution in [-0.4, -0.2) is 34.3 Å². The van der Waals surface area contributed by atoms with Crippen LogP contribution in [0, 0.1) is 13.8 Å². The lowest BCUT2D eigenvalue weighted by Crippen LogP contribution is -2.35. The van der Waals surface area contributed by atoms with Crippen LogP contribution in [-0.2, 0) is 6.54 Å². The summed E-state index contributed by atoms with van der Waals surface area (Å²) in [5.74, 6) is 0. The van der Waals surface area contributed by atoms with Crippen LogP contribution in [0.25, 0.3) is 11.3 Å². The van der Waals surface area contributed by atoms with Crippen LogP contribution in [0.4, 0.5) is 0 Å². The van der Waals surface area contributed by atoms with E-state index in [0.717, 1.165) is 30.9 Å². The van der Waals surface area contributed by atoms with Crippen molar-refractivity contribution in [2.75, 3.05) is 19.6 Å². The van der Waals surface area contributed by atoms with Gasteiger partial charge in [0.25, 0.3) is 5.56 Å². The molecule has 1 aliphatic rings. The number of nitrogens with zero attached hydrogens (tertiary/aromatic N) is 3. The van der Waals surface area contributed by atoms with E-state index in [9.17, 15) is 4.79 Å². The molecule has 2 heterocycles. The Morgan fingerprint density at radius 2 is 1.74 bits per heavy atom. The maximum atomic E-state index is 12.1. The molecule has 1 aromatic carbocycles. The molecule has 0 bridgehead atoms. The summed E-state index contributed by atoms with van der Waals surface area (Å²) in [7, 11) is 0. The summed E-state index contributed by atoms with van der Waals surface area (Å²) in [5.41, 5.74) is 4.43. The van der Waals surface area contributed by atoms with Gasteiger partial charge in [0.05, 0.1) is 12.2 Å². The minimum absolute atomic E-state index is 0.0189. The molecule has 3 rings (SSSR count). The number of hydrogen-bond acceptors (Lipinski definition) is 3. The number of aromatic nitrogens is 2. The van der Waals surface area contributed by atoms with Gasteiger partial charge < -0.3 is 4.90 Å². The van der Waals surface area contributed by atoms with Gasteiger partial charge in [-0.25, -0.2) is 4.68 Å². The fourth-order valence-corrected chi connectivity index (χ4v) is 3.08.